The van der Waals surface area contributed by atoms with Crippen LogP contribution in [0.5, 0.6) is 0 Å². The third-order valence-electron chi connectivity index (χ3n) is 4.32. The van der Waals surface area contributed by atoms with E-state index in [4.69, 9.17) is 0 Å². The lowest BCUT2D eigenvalue weighted by molar-refractivity contribution is -0.126. The molecule has 6 nitrogen and oxygen atoms in total. The van der Waals surface area contributed by atoms with Crippen LogP contribution in [0.4, 0.5) is 0 Å². The summed E-state index contributed by atoms with van der Waals surface area (Å²) in [6.07, 6.45) is 5.02. The first-order valence-electron chi connectivity index (χ1n) is 7.29. The summed E-state index contributed by atoms with van der Waals surface area (Å²) in [7, 11) is 1.88. The highest BCUT2D eigenvalue weighted by Gasteiger charge is 2.40. The van der Waals surface area contributed by atoms with E-state index >= 15 is 0 Å². The molecule has 6 heteroatoms. The normalized spacial score (nSPS) is 24.9. The monoisotopic (exact) mass is 288 g/mol. The fourth-order valence-corrected chi connectivity index (χ4v) is 2.95. The number of aromatic nitrogens is 2. The van der Waals surface area contributed by atoms with Gasteiger partial charge in [-0.3, -0.25) is 14.3 Å². The fraction of sp³-hybridized carbons (Fsp3) is 0.533. The quantitative estimate of drug-likeness (QED) is 0.817. The minimum Gasteiger partial charge on any atom is -0.351 e. The second-order valence-corrected chi connectivity index (χ2v) is 5.82. The maximum atomic E-state index is 12.1. The van der Waals surface area contributed by atoms with Crippen molar-refractivity contribution in [1.29, 1.82) is 0 Å². The third kappa shape index (κ3) is 2.70. The van der Waals surface area contributed by atoms with Crippen LogP contribution in [0.25, 0.3) is 0 Å². The summed E-state index contributed by atoms with van der Waals surface area (Å²) >= 11 is 0. The number of hydrogen-bond donors (Lipinski definition) is 1. The van der Waals surface area contributed by atoms with Crippen LogP contribution in [0.1, 0.15) is 24.5 Å². The largest absolute Gasteiger partial charge is 0.351 e. The van der Waals surface area contributed by atoms with Crippen LogP contribution >= 0.6 is 0 Å². The van der Waals surface area contributed by atoms with E-state index in [-0.39, 0.29) is 29.7 Å². The molecule has 3 rings (SSSR count). The van der Waals surface area contributed by atoms with Crippen LogP contribution in [0.2, 0.25) is 0 Å². The van der Waals surface area contributed by atoms with Crippen molar-refractivity contribution in [3.8, 4) is 0 Å². The van der Waals surface area contributed by atoms with Crippen molar-refractivity contribution in [1.82, 2.24) is 20.0 Å². The first-order chi connectivity index (χ1) is 10.1. The SMILES string of the molecule is C=CC(=O)N1C[C@@H](NC(=O)C2CC2)[C@H](c2ccnn2C)C1. The summed E-state index contributed by atoms with van der Waals surface area (Å²) in [5, 5.41) is 7.30. The van der Waals surface area contributed by atoms with Crippen LogP contribution < -0.4 is 5.32 Å². The average molecular weight is 288 g/mol. The van der Waals surface area contributed by atoms with Gasteiger partial charge in [0, 0.05) is 43.9 Å². The Labute approximate surface area is 123 Å². The minimum absolute atomic E-state index is 0.0580. The molecular formula is C15H20N4O2. The Morgan fingerprint density at radius 3 is 2.76 bits per heavy atom. The molecule has 0 bridgehead atoms. The second-order valence-electron chi connectivity index (χ2n) is 5.82. The van der Waals surface area contributed by atoms with E-state index in [0.29, 0.717) is 13.1 Å². The van der Waals surface area contributed by atoms with E-state index in [0.717, 1.165) is 18.5 Å². The molecule has 0 radical (unpaired) electrons. The van der Waals surface area contributed by atoms with Crippen molar-refractivity contribution in [3.05, 3.63) is 30.6 Å². The number of hydrogen-bond acceptors (Lipinski definition) is 3. The molecule has 1 saturated carbocycles. The highest BCUT2D eigenvalue weighted by Crippen LogP contribution is 2.32. The Morgan fingerprint density at radius 1 is 1.43 bits per heavy atom. The number of likely N-dealkylation sites (tertiary alicyclic amines) is 1. The van der Waals surface area contributed by atoms with Crippen molar-refractivity contribution in [2.75, 3.05) is 13.1 Å². The molecule has 1 N–H and O–H groups in total. The predicted molar refractivity (Wildman–Crippen MR) is 77.4 cm³/mol. The summed E-state index contributed by atoms with van der Waals surface area (Å²) < 4.78 is 1.81. The molecule has 1 aliphatic heterocycles. The number of carbonyl (C=O) groups is 2. The van der Waals surface area contributed by atoms with Gasteiger partial charge in [-0.25, -0.2) is 0 Å². The molecule has 2 fully saturated rings. The zero-order valence-electron chi connectivity index (χ0n) is 12.2. The zero-order valence-corrected chi connectivity index (χ0v) is 12.2. The first kappa shape index (κ1) is 13.9. The van der Waals surface area contributed by atoms with E-state index in [1.54, 1.807) is 11.1 Å². The molecule has 1 aromatic heterocycles. The number of nitrogens with zero attached hydrogens (tertiary/aromatic N) is 3. The van der Waals surface area contributed by atoms with Crippen molar-refractivity contribution < 1.29 is 9.59 Å². The maximum Gasteiger partial charge on any atom is 0.246 e. The van der Waals surface area contributed by atoms with Gasteiger partial charge < -0.3 is 10.2 Å². The predicted octanol–water partition coefficient (Wildman–Crippen LogP) is 0.427. The Bertz CT molecular complexity index is 576. The maximum absolute atomic E-state index is 12.1. The van der Waals surface area contributed by atoms with Gasteiger partial charge in [0.25, 0.3) is 0 Å². The molecule has 1 aromatic rings. The van der Waals surface area contributed by atoms with Gasteiger partial charge in [0.15, 0.2) is 0 Å². The summed E-state index contributed by atoms with van der Waals surface area (Å²) in [6, 6.07) is 1.89. The molecule has 0 unspecified atom stereocenters. The van der Waals surface area contributed by atoms with Gasteiger partial charge in [0.05, 0.1) is 6.04 Å². The Morgan fingerprint density at radius 2 is 2.19 bits per heavy atom. The van der Waals surface area contributed by atoms with Crippen molar-refractivity contribution in [2.24, 2.45) is 13.0 Å². The van der Waals surface area contributed by atoms with E-state index in [1.807, 2.05) is 17.8 Å². The topological polar surface area (TPSA) is 67.2 Å². The molecule has 21 heavy (non-hydrogen) atoms. The summed E-state index contributed by atoms with van der Waals surface area (Å²) in [6.45, 7) is 4.65. The number of rotatable bonds is 4. The van der Waals surface area contributed by atoms with Gasteiger partial charge in [0.1, 0.15) is 0 Å². The third-order valence-corrected chi connectivity index (χ3v) is 4.32. The lowest BCUT2D eigenvalue weighted by Gasteiger charge is -2.19. The van der Waals surface area contributed by atoms with Crippen LogP contribution in [0.15, 0.2) is 24.9 Å². The van der Waals surface area contributed by atoms with Gasteiger partial charge in [-0.1, -0.05) is 6.58 Å². The second kappa shape index (κ2) is 5.35. The summed E-state index contributed by atoms with van der Waals surface area (Å²) in [5.74, 6) is 0.260. The first-order valence-corrected chi connectivity index (χ1v) is 7.29. The van der Waals surface area contributed by atoms with Gasteiger partial charge in [0.2, 0.25) is 11.8 Å². The Balaban J connectivity index is 1.79. The van der Waals surface area contributed by atoms with Crippen molar-refractivity contribution >= 4 is 11.8 Å². The highest BCUT2D eigenvalue weighted by atomic mass is 16.2. The Hall–Kier alpha value is -2.11. The van der Waals surface area contributed by atoms with Crippen LogP contribution in [0.3, 0.4) is 0 Å². The minimum atomic E-state index is -0.0923. The summed E-state index contributed by atoms with van der Waals surface area (Å²) in [5.41, 5.74) is 1.04. The molecule has 1 saturated heterocycles. The number of amides is 2. The number of nitrogens with one attached hydrogen (secondary N) is 1. The zero-order chi connectivity index (χ0) is 15.0. The molecular weight excluding hydrogens is 268 g/mol. The lowest BCUT2D eigenvalue weighted by atomic mass is 9.99. The van der Waals surface area contributed by atoms with E-state index in [9.17, 15) is 9.59 Å². The molecule has 2 aliphatic rings. The smallest absolute Gasteiger partial charge is 0.246 e. The van der Waals surface area contributed by atoms with Crippen molar-refractivity contribution in [2.45, 2.75) is 24.8 Å². The average Bonchev–Trinajstić information content (AvgIpc) is 3.13. The van der Waals surface area contributed by atoms with Crippen molar-refractivity contribution in [3.63, 3.8) is 0 Å². The molecule has 1 aliphatic carbocycles. The van der Waals surface area contributed by atoms with E-state index in [2.05, 4.69) is 17.0 Å². The van der Waals surface area contributed by atoms with Crippen LogP contribution in [-0.4, -0.2) is 45.6 Å². The molecule has 0 aromatic carbocycles. The van der Waals surface area contributed by atoms with Gasteiger partial charge in [-0.15, -0.1) is 0 Å². The molecule has 0 spiro atoms. The highest BCUT2D eigenvalue weighted by molar-refractivity contribution is 5.87. The molecule has 112 valence electrons. The van der Waals surface area contributed by atoms with E-state index in [1.165, 1.54) is 6.08 Å². The van der Waals surface area contributed by atoms with E-state index < -0.39 is 0 Å². The molecule has 2 amide bonds. The van der Waals surface area contributed by atoms with Gasteiger partial charge >= 0.3 is 0 Å². The number of aryl methyl sites for hydroxylation is 1. The lowest BCUT2D eigenvalue weighted by Crippen LogP contribution is -2.41. The fourth-order valence-electron chi connectivity index (χ4n) is 2.95. The van der Waals surface area contributed by atoms with Crippen LogP contribution in [0, 0.1) is 5.92 Å². The summed E-state index contributed by atoms with van der Waals surface area (Å²) in [4.78, 5) is 25.7. The van der Waals surface area contributed by atoms with Gasteiger partial charge in [-0.05, 0) is 25.0 Å². The van der Waals surface area contributed by atoms with Gasteiger partial charge in [-0.2, -0.15) is 5.10 Å². The number of carbonyl (C=O) groups excluding carboxylic acids is 2. The molecule has 2 atom stereocenters. The Kier molecular flexibility index (Phi) is 3.53. The van der Waals surface area contributed by atoms with Crippen LogP contribution in [-0.2, 0) is 16.6 Å². The standard InChI is InChI=1S/C15H20N4O2/c1-3-14(20)19-8-11(13-6-7-16-18(13)2)12(9-19)17-15(21)10-4-5-10/h3,6-7,10-12H,1,4-5,8-9H2,2H3,(H,17,21)/t11-,12-/m1/s1. The molecule has 2 heterocycles.